The summed E-state index contributed by atoms with van der Waals surface area (Å²) in [5.74, 6) is 6.03. The Labute approximate surface area is 84.0 Å². The third-order valence-electron chi connectivity index (χ3n) is 1.83. The van der Waals surface area contributed by atoms with Gasteiger partial charge in [-0.25, -0.2) is 5.84 Å². The zero-order valence-corrected chi connectivity index (χ0v) is 8.03. The van der Waals surface area contributed by atoms with E-state index in [9.17, 15) is 0 Å². The van der Waals surface area contributed by atoms with Gasteiger partial charge in [0.1, 0.15) is 5.82 Å². The van der Waals surface area contributed by atoms with E-state index >= 15 is 0 Å². The molecule has 0 bridgehead atoms. The topological polar surface area (TPSA) is 76.1 Å². The third-order valence-corrected chi connectivity index (χ3v) is 1.83. The Hall–Kier alpha value is -1.52. The smallest absolute Gasteiger partial charge is 0.110 e. The van der Waals surface area contributed by atoms with Gasteiger partial charge in [-0.05, 0) is 18.1 Å². The minimum Gasteiger partial charge on any atom is -0.359 e. The highest BCUT2D eigenvalue weighted by molar-refractivity contribution is 5.18. The van der Waals surface area contributed by atoms with Crippen LogP contribution in [0.25, 0.3) is 0 Å². The Morgan fingerprint density at radius 3 is 2.57 bits per heavy atom. The molecule has 14 heavy (non-hydrogen) atoms. The molecule has 0 fully saturated rings. The van der Waals surface area contributed by atoms with E-state index in [-0.39, 0.29) is 0 Å². The maximum Gasteiger partial charge on any atom is 0.110 e. The standard InChI is InChI=1S/C10H16N4/c11-8-13-10(14-12)7-6-9-4-2-1-3-5-9/h1-5,7,13-14H,6,8,11-12H2/b10-7+. The summed E-state index contributed by atoms with van der Waals surface area (Å²) in [6, 6.07) is 10.1. The first kappa shape index (κ1) is 10.6. The minimum atomic E-state index is 0.366. The summed E-state index contributed by atoms with van der Waals surface area (Å²) in [5.41, 5.74) is 9.10. The van der Waals surface area contributed by atoms with Gasteiger partial charge in [0.15, 0.2) is 0 Å². The van der Waals surface area contributed by atoms with Crippen LogP contribution in [0.2, 0.25) is 0 Å². The fourth-order valence-electron chi connectivity index (χ4n) is 1.13. The molecule has 1 aromatic carbocycles. The minimum absolute atomic E-state index is 0.366. The fourth-order valence-corrected chi connectivity index (χ4v) is 1.13. The van der Waals surface area contributed by atoms with E-state index in [1.54, 1.807) is 0 Å². The Kier molecular flexibility index (Phi) is 4.54. The number of hydrogen-bond donors (Lipinski definition) is 4. The van der Waals surface area contributed by atoms with Crippen molar-refractivity contribution in [3.8, 4) is 0 Å². The lowest BCUT2D eigenvalue weighted by atomic mass is 10.1. The quantitative estimate of drug-likeness (QED) is 0.302. The van der Waals surface area contributed by atoms with Gasteiger partial charge in [-0.3, -0.25) is 0 Å². The van der Waals surface area contributed by atoms with Crippen LogP contribution in [0.15, 0.2) is 42.2 Å². The summed E-state index contributed by atoms with van der Waals surface area (Å²) in [6.07, 6.45) is 2.79. The van der Waals surface area contributed by atoms with Crippen molar-refractivity contribution in [3.05, 3.63) is 47.8 Å². The molecule has 0 aliphatic heterocycles. The summed E-state index contributed by atoms with van der Waals surface area (Å²) >= 11 is 0. The van der Waals surface area contributed by atoms with Gasteiger partial charge in [0.2, 0.25) is 0 Å². The molecule has 0 amide bonds. The van der Waals surface area contributed by atoms with Crippen LogP contribution in [-0.4, -0.2) is 6.67 Å². The molecule has 4 heteroatoms. The van der Waals surface area contributed by atoms with Gasteiger partial charge in [0.05, 0.1) is 6.67 Å². The monoisotopic (exact) mass is 192 g/mol. The molecule has 0 spiro atoms. The molecule has 0 atom stereocenters. The number of hydrazine groups is 1. The summed E-state index contributed by atoms with van der Waals surface area (Å²) < 4.78 is 0. The molecular formula is C10H16N4. The second-order valence-electron chi connectivity index (χ2n) is 2.83. The van der Waals surface area contributed by atoms with Crippen LogP contribution in [0.5, 0.6) is 0 Å². The summed E-state index contributed by atoms with van der Waals surface area (Å²) in [4.78, 5) is 0. The number of nitrogens with one attached hydrogen (secondary N) is 2. The van der Waals surface area contributed by atoms with E-state index in [4.69, 9.17) is 11.6 Å². The Morgan fingerprint density at radius 2 is 2.00 bits per heavy atom. The number of benzene rings is 1. The molecule has 0 radical (unpaired) electrons. The van der Waals surface area contributed by atoms with Crippen molar-refractivity contribution in [2.24, 2.45) is 11.6 Å². The summed E-state index contributed by atoms with van der Waals surface area (Å²) in [7, 11) is 0. The number of allylic oxidation sites excluding steroid dienone is 1. The SMILES string of the molecule is NCN/C(=C\Cc1ccccc1)NN. The summed E-state index contributed by atoms with van der Waals surface area (Å²) in [6.45, 7) is 0.366. The molecule has 0 aliphatic carbocycles. The van der Waals surface area contributed by atoms with Crippen molar-refractivity contribution in [2.45, 2.75) is 6.42 Å². The molecule has 76 valence electrons. The largest absolute Gasteiger partial charge is 0.359 e. The van der Waals surface area contributed by atoms with Gasteiger partial charge in [0, 0.05) is 0 Å². The maximum absolute atomic E-state index is 5.33. The van der Waals surface area contributed by atoms with E-state index in [0.29, 0.717) is 6.67 Å². The molecule has 0 aromatic heterocycles. The Bertz CT molecular complexity index is 281. The zero-order valence-electron chi connectivity index (χ0n) is 8.03. The highest BCUT2D eigenvalue weighted by atomic mass is 15.3. The average Bonchev–Trinajstić information content (AvgIpc) is 2.25. The predicted octanol–water partition coefficient (Wildman–Crippen LogP) is 0.0396. The van der Waals surface area contributed by atoms with Crippen LogP contribution in [0, 0.1) is 0 Å². The van der Waals surface area contributed by atoms with Crippen LogP contribution < -0.4 is 22.3 Å². The second kappa shape index (κ2) is 6.01. The lowest BCUT2D eigenvalue weighted by Gasteiger charge is -2.07. The van der Waals surface area contributed by atoms with E-state index in [1.165, 1.54) is 5.56 Å². The molecule has 0 saturated heterocycles. The van der Waals surface area contributed by atoms with Crippen LogP contribution in [-0.2, 0) is 6.42 Å². The van der Waals surface area contributed by atoms with E-state index in [2.05, 4.69) is 22.9 Å². The van der Waals surface area contributed by atoms with Crippen LogP contribution in [0.1, 0.15) is 5.56 Å². The number of rotatable bonds is 5. The van der Waals surface area contributed by atoms with Crippen LogP contribution >= 0.6 is 0 Å². The lowest BCUT2D eigenvalue weighted by molar-refractivity contribution is 0.711. The van der Waals surface area contributed by atoms with Crippen molar-refractivity contribution >= 4 is 0 Å². The fraction of sp³-hybridized carbons (Fsp3) is 0.200. The van der Waals surface area contributed by atoms with E-state index < -0.39 is 0 Å². The highest BCUT2D eigenvalue weighted by Crippen LogP contribution is 2.00. The lowest BCUT2D eigenvalue weighted by Crippen LogP contribution is -2.34. The zero-order chi connectivity index (χ0) is 10.2. The van der Waals surface area contributed by atoms with Gasteiger partial charge in [-0.2, -0.15) is 0 Å². The molecule has 6 N–H and O–H groups in total. The first-order valence-corrected chi connectivity index (χ1v) is 4.51. The van der Waals surface area contributed by atoms with Gasteiger partial charge >= 0.3 is 0 Å². The first-order chi connectivity index (χ1) is 6.86. The van der Waals surface area contributed by atoms with E-state index in [0.717, 1.165) is 12.2 Å². The van der Waals surface area contributed by atoms with Crippen molar-refractivity contribution in [1.82, 2.24) is 10.7 Å². The molecule has 1 rings (SSSR count). The summed E-state index contributed by atoms with van der Waals surface area (Å²) in [5, 5.41) is 2.91. The van der Waals surface area contributed by atoms with Crippen molar-refractivity contribution < 1.29 is 0 Å². The average molecular weight is 192 g/mol. The molecular weight excluding hydrogens is 176 g/mol. The molecule has 0 heterocycles. The Balaban J connectivity index is 2.52. The van der Waals surface area contributed by atoms with Crippen LogP contribution in [0.3, 0.4) is 0 Å². The molecule has 0 unspecified atom stereocenters. The molecule has 0 saturated carbocycles. The molecule has 4 nitrogen and oxygen atoms in total. The molecule has 1 aromatic rings. The predicted molar refractivity (Wildman–Crippen MR) is 57.7 cm³/mol. The highest BCUT2D eigenvalue weighted by Gasteiger charge is 1.91. The van der Waals surface area contributed by atoms with Crippen molar-refractivity contribution in [1.29, 1.82) is 0 Å². The van der Waals surface area contributed by atoms with Gasteiger partial charge in [-0.1, -0.05) is 30.3 Å². The third kappa shape index (κ3) is 3.47. The van der Waals surface area contributed by atoms with Gasteiger partial charge in [-0.15, -0.1) is 0 Å². The maximum atomic E-state index is 5.33. The van der Waals surface area contributed by atoms with Gasteiger partial charge < -0.3 is 16.5 Å². The van der Waals surface area contributed by atoms with Gasteiger partial charge in [0.25, 0.3) is 0 Å². The Morgan fingerprint density at radius 1 is 1.29 bits per heavy atom. The van der Waals surface area contributed by atoms with E-state index in [1.807, 2.05) is 24.3 Å². The first-order valence-electron chi connectivity index (χ1n) is 4.51. The molecule has 0 aliphatic rings. The van der Waals surface area contributed by atoms with Crippen LogP contribution in [0.4, 0.5) is 0 Å². The second-order valence-corrected chi connectivity index (χ2v) is 2.83. The normalized spacial score (nSPS) is 11.1. The van der Waals surface area contributed by atoms with Crippen molar-refractivity contribution in [2.75, 3.05) is 6.67 Å². The van der Waals surface area contributed by atoms with Crippen molar-refractivity contribution in [3.63, 3.8) is 0 Å². The number of nitrogens with two attached hydrogens (primary N) is 2. The number of hydrogen-bond acceptors (Lipinski definition) is 4.